The Morgan fingerprint density at radius 1 is 1.28 bits per heavy atom. The lowest BCUT2D eigenvalue weighted by Crippen LogP contribution is -2.30. The predicted molar refractivity (Wildman–Crippen MR) is 70.7 cm³/mol. The van der Waals surface area contributed by atoms with Gasteiger partial charge in [0.25, 0.3) is 0 Å². The van der Waals surface area contributed by atoms with Crippen LogP contribution in [0.5, 0.6) is 0 Å². The fraction of sp³-hybridized carbons (Fsp3) is 0.429. The van der Waals surface area contributed by atoms with Crippen LogP contribution in [0.1, 0.15) is 38.3 Å². The molecular weight excluding hydrogens is 228 g/mol. The highest BCUT2D eigenvalue weighted by Crippen LogP contribution is 2.21. The Hall–Kier alpha value is -1.84. The van der Waals surface area contributed by atoms with Crippen LogP contribution in [0.3, 0.4) is 0 Å². The molecule has 0 saturated carbocycles. The summed E-state index contributed by atoms with van der Waals surface area (Å²) in [5.41, 5.74) is 5.26. The van der Waals surface area contributed by atoms with E-state index in [0.717, 1.165) is 24.1 Å². The molecule has 0 radical (unpaired) electrons. The molecule has 1 aromatic carbocycles. The molecule has 0 saturated heterocycles. The first-order valence-electron chi connectivity index (χ1n) is 6.09. The maximum absolute atomic E-state index is 11.5. The highest BCUT2D eigenvalue weighted by Gasteiger charge is 2.19. The van der Waals surface area contributed by atoms with Gasteiger partial charge in [0, 0.05) is 5.56 Å². The average molecular weight is 246 g/mol. The third kappa shape index (κ3) is 3.09. The summed E-state index contributed by atoms with van der Waals surface area (Å²) >= 11 is 0. The van der Waals surface area contributed by atoms with Crippen LogP contribution in [0.15, 0.2) is 29.4 Å². The fourth-order valence-electron chi connectivity index (χ4n) is 1.94. The van der Waals surface area contributed by atoms with Crippen molar-refractivity contribution in [1.82, 2.24) is 5.43 Å². The molecule has 1 N–H and O–H groups in total. The first-order chi connectivity index (χ1) is 8.46. The molecule has 4 nitrogen and oxygen atoms in total. The van der Waals surface area contributed by atoms with Crippen LogP contribution in [0, 0.1) is 0 Å². The summed E-state index contributed by atoms with van der Waals surface area (Å²) in [5.74, 6) is 0. The lowest BCUT2D eigenvalue weighted by molar-refractivity contribution is 0.0529. The number of nitrogens with zero attached hydrogens (tertiary/aromatic N) is 1. The van der Waals surface area contributed by atoms with Gasteiger partial charge in [0.1, 0.15) is 5.60 Å². The minimum atomic E-state index is -0.514. The largest absolute Gasteiger partial charge is 0.443 e. The lowest BCUT2D eigenvalue weighted by atomic mass is 10.1. The third-order valence-corrected chi connectivity index (χ3v) is 2.64. The van der Waals surface area contributed by atoms with Gasteiger partial charge in [-0.15, -0.1) is 0 Å². The highest BCUT2D eigenvalue weighted by molar-refractivity contribution is 6.04. The first kappa shape index (κ1) is 12.6. The molecule has 0 aromatic heterocycles. The summed E-state index contributed by atoms with van der Waals surface area (Å²) in [5, 5.41) is 4.14. The number of nitrogens with one attached hydrogen (secondary N) is 1. The van der Waals surface area contributed by atoms with Crippen molar-refractivity contribution in [3.05, 3.63) is 35.4 Å². The SMILES string of the molecule is CC(C)(C)OC(=O)NN=C1CCc2ccccc21. The van der Waals surface area contributed by atoms with Gasteiger partial charge in [0.05, 0.1) is 5.71 Å². The molecule has 0 atom stereocenters. The normalized spacial score (nSPS) is 16.5. The molecule has 4 heteroatoms. The van der Waals surface area contributed by atoms with Crippen LogP contribution < -0.4 is 5.43 Å². The van der Waals surface area contributed by atoms with Crippen molar-refractivity contribution in [2.45, 2.75) is 39.2 Å². The minimum absolute atomic E-state index is 0.502. The molecule has 0 unspecified atom stereocenters. The summed E-state index contributed by atoms with van der Waals surface area (Å²) in [6.07, 6.45) is 1.32. The Kier molecular flexibility index (Phi) is 3.36. The summed E-state index contributed by atoms with van der Waals surface area (Å²) in [7, 11) is 0. The van der Waals surface area contributed by atoms with E-state index in [1.807, 2.05) is 39.0 Å². The topological polar surface area (TPSA) is 50.7 Å². The summed E-state index contributed by atoms with van der Waals surface area (Å²) in [4.78, 5) is 11.5. The van der Waals surface area contributed by atoms with Gasteiger partial charge in [0.2, 0.25) is 0 Å². The lowest BCUT2D eigenvalue weighted by Gasteiger charge is -2.18. The zero-order chi connectivity index (χ0) is 13.2. The van der Waals surface area contributed by atoms with Gasteiger partial charge in [-0.05, 0) is 39.2 Å². The van der Waals surface area contributed by atoms with E-state index < -0.39 is 11.7 Å². The molecule has 0 spiro atoms. The number of hydrogen-bond donors (Lipinski definition) is 1. The number of hydrogen-bond acceptors (Lipinski definition) is 3. The zero-order valence-electron chi connectivity index (χ0n) is 11.0. The van der Waals surface area contributed by atoms with Crippen LogP contribution >= 0.6 is 0 Å². The molecular formula is C14H18N2O2. The van der Waals surface area contributed by atoms with Crippen molar-refractivity contribution in [1.29, 1.82) is 0 Å². The van der Waals surface area contributed by atoms with Gasteiger partial charge in [-0.25, -0.2) is 10.2 Å². The minimum Gasteiger partial charge on any atom is -0.443 e. The first-order valence-corrected chi connectivity index (χ1v) is 6.09. The van der Waals surface area contributed by atoms with E-state index in [4.69, 9.17) is 4.74 Å². The van der Waals surface area contributed by atoms with E-state index in [-0.39, 0.29) is 0 Å². The Morgan fingerprint density at radius 3 is 2.72 bits per heavy atom. The van der Waals surface area contributed by atoms with Gasteiger partial charge in [-0.2, -0.15) is 5.10 Å². The second kappa shape index (κ2) is 4.80. The molecule has 1 aliphatic carbocycles. The quantitative estimate of drug-likeness (QED) is 0.775. The van der Waals surface area contributed by atoms with Gasteiger partial charge < -0.3 is 4.74 Å². The van der Waals surface area contributed by atoms with Gasteiger partial charge >= 0.3 is 6.09 Å². The molecule has 1 aromatic rings. The van der Waals surface area contributed by atoms with E-state index in [9.17, 15) is 4.79 Å². The van der Waals surface area contributed by atoms with E-state index in [2.05, 4.69) is 16.6 Å². The van der Waals surface area contributed by atoms with Crippen LogP contribution in [0.4, 0.5) is 4.79 Å². The molecule has 0 aliphatic heterocycles. The molecule has 0 fully saturated rings. The number of ether oxygens (including phenoxy) is 1. The Bertz CT molecular complexity index is 487. The van der Waals surface area contributed by atoms with Crippen molar-refractivity contribution >= 4 is 11.8 Å². The van der Waals surface area contributed by atoms with Crippen molar-refractivity contribution in [2.75, 3.05) is 0 Å². The van der Waals surface area contributed by atoms with Crippen LogP contribution in [-0.2, 0) is 11.2 Å². The summed E-state index contributed by atoms with van der Waals surface area (Å²) in [6, 6.07) is 8.11. The van der Waals surface area contributed by atoms with Crippen molar-refractivity contribution in [2.24, 2.45) is 5.10 Å². The number of fused-ring (bicyclic) bond motifs is 1. The van der Waals surface area contributed by atoms with Gasteiger partial charge in [0.15, 0.2) is 0 Å². The van der Waals surface area contributed by atoms with E-state index in [0.29, 0.717) is 0 Å². The monoisotopic (exact) mass is 246 g/mol. The number of rotatable bonds is 1. The molecule has 96 valence electrons. The number of carbonyl (C=O) groups excluding carboxylic acids is 1. The summed E-state index contributed by atoms with van der Waals surface area (Å²) in [6.45, 7) is 5.47. The number of amides is 1. The number of benzene rings is 1. The van der Waals surface area contributed by atoms with Crippen molar-refractivity contribution < 1.29 is 9.53 Å². The Labute approximate surface area is 107 Å². The maximum Gasteiger partial charge on any atom is 0.428 e. The van der Waals surface area contributed by atoms with Crippen molar-refractivity contribution in [3.8, 4) is 0 Å². The van der Waals surface area contributed by atoms with Crippen molar-refractivity contribution in [3.63, 3.8) is 0 Å². The van der Waals surface area contributed by atoms with E-state index in [1.165, 1.54) is 5.56 Å². The molecule has 1 aliphatic rings. The van der Waals surface area contributed by atoms with Crippen LogP contribution in [0.2, 0.25) is 0 Å². The number of carbonyl (C=O) groups is 1. The molecule has 2 rings (SSSR count). The average Bonchev–Trinajstić information content (AvgIpc) is 2.67. The van der Waals surface area contributed by atoms with Gasteiger partial charge in [-0.3, -0.25) is 0 Å². The Morgan fingerprint density at radius 2 is 2.00 bits per heavy atom. The Balaban J connectivity index is 2.02. The van der Waals surface area contributed by atoms with Crippen LogP contribution in [-0.4, -0.2) is 17.4 Å². The molecule has 18 heavy (non-hydrogen) atoms. The van der Waals surface area contributed by atoms with Gasteiger partial charge in [-0.1, -0.05) is 24.3 Å². The maximum atomic E-state index is 11.5. The third-order valence-electron chi connectivity index (χ3n) is 2.64. The van der Waals surface area contributed by atoms with Crippen LogP contribution in [0.25, 0.3) is 0 Å². The molecule has 0 heterocycles. The number of aryl methyl sites for hydroxylation is 1. The number of hydrazone groups is 1. The standard InChI is InChI=1S/C14H18N2O2/c1-14(2,3)18-13(17)16-15-12-9-8-10-6-4-5-7-11(10)12/h4-7H,8-9H2,1-3H3,(H,16,17). The molecule has 0 bridgehead atoms. The molecule has 1 amide bonds. The predicted octanol–water partition coefficient (Wildman–Crippen LogP) is 2.86. The zero-order valence-corrected chi connectivity index (χ0v) is 11.0. The fourth-order valence-corrected chi connectivity index (χ4v) is 1.94. The summed E-state index contributed by atoms with van der Waals surface area (Å²) < 4.78 is 5.13. The second-order valence-corrected chi connectivity index (χ2v) is 5.33. The smallest absolute Gasteiger partial charge is 0.428 e. The highest BCUT2D eigenvalue weighted by atomic mass is 16.6. The van der Waals surface area contributed by atoms with E-state index >= 15 is 0 Å². The van der Waals surface area contributed by atoms with E-state index in [1.54, 1.807) is 0 Å². The second-order valence-electron chi connectivity index (χ2n) is 5.33.